The van der Waals surface area contributed by atoms with E-state index >= 15 is 0 Å². The lowest BCUT2D eigenvalue weighted by Gasteiger charge is -2.34. The van der Waals surface area contributed by atoms with E-state index in [1.165, 1.54) is 19.4 Å². The number of hydrogen-bond acceptors (Lipinski definition) is 3. The Labute approximate surface area is 116 Å². The zero-order chi connectivity index (χ0) is 13.5. The first-order chi connectivity index (χ1) is 9.14. The summed E-state index contributed by atoms with van der Waals surface area (Å²) >= 11 is 0. The van der Waals surface area contributed by atoms with Gasteiger partial charge in [-0.15, -0.1) is 0 Å². The largest absolute Gasteiger partial charge is 0.325 e. The van der Waals surface area contributed by atoms with Gasteiger partial charge in [0.15, 0.2) is 0 Å². The van der Waals surface area contributed by atoms with Crippen molar-refractivity contribution in [3.8, 4) is 0 Å². The summed E-state index contributed by atoms with van der Waals surface area (Å²) in [6.07, 6.45) is 7.19. The molecule has 0 bridgehead atoms. The van der Waals surface area contributed by atoms with Gasteiger partial charge in [0.05, 0.1) is 11.7 Å². The Hall–Kier alpha value is -0.610. The molecule has 0 radical (unpaired) electrons. The molecular weight excluding hydrogens is 238 g/mol. The Morgan fingerprint density at radius 3 is 2.84 bits per heavy atom. The van der Waals surface area contributed by atoms with Gasteiger partial charge in [-0.3, -0.25) is 10.1 Å². The Morgan fingerprint density at radius 2 is 2.21 bits per heavy atom. The smallest absolute Gasteiger partial charge is 0.244 e. The highest BCUT2D eigenvalue weighted by Crippen LogP contribution is 2.43. The number of rotatable bonds is 4. The van der Waals surface area contributed by atoms with Crippen molar-refractivity contribution in [1.29, 1.82) is 0 Å². The third-order valence-electron chi connectivity index (χ3n) is 4.98. The number of piperidine rings is 1. The third-order valence-corrected chi connectivity index (χ3v) is 4.98. The van der Waals surface area contributed by atoms with Gasteiger partial charge in [0.2, 0.25) is 5.91 Å². The lowest BCUT2D eigenvalue weighted by Crippen LogP contribution is -2.44. The van der Waals surface area contributed by atoms with E-state index < -0.39 is 0 Å². The van der Waals surface area contributed by atoms with Crippen LogP contribution in [0.3, 0.4) is 0 Å². The van der Waals surface area contributed by atoms with Gasteiger partial charge in [-0.25, -0.2) is 0 Å². The van der Waals surface area contributed by atoms with E-state index in [0.717, 1.165) is 38.8 Å². The first kappa shape index (κ1) is 13.4. The molecule has 3 aliphatic rings. The number of nitrogens with zero attached hydrogens (tertiary/aromatic N) is 2. The minimum absolute atomic E-state index is 0.138. The van der Waals surface area contributed by atoms with Crippen molar-refractivity contribution in [1.82, 2.24) is 15.1 Å². The molecule has 3 rings (SSSR count). The zero-order valence-electron chi connectivity index (χ0n) is 12.3. The second-order valence-corrected chi connectivity index (χ2v) is 6.76. The Bertz CT molecular complexity index is 353. The van der Waals surface area contributed by atoms with Crippen LogP contribution in [0.15, 0.2) is 0 Å². The van der Waals surface area contributed by atoms with E-state index in [9.17, 15) is 4.79 Å². The van der Waals surface area contributed by atoms with Gasteiger partial charge in [0.1, 0.15) is 0 Å². The molecule has 0 aromatic carbocycles. The molecule has 2 heterocycles. The van der Waals surface area contributed by atoms with Gasteiger partial charge in [-0.1, -0.05) is 13.3 Å². The SMILES string of the molecule is CCCC1NC2(CC2)C(=O)N1CC1CCCN(C)C1. The highest BCUT2D eigenvalue weighted by molar-refractivity contribution is 5.91. The first-order valence-electron chi connectivity index (χ1n) is 7.92. The molecule has 2 atom stereocenters. The molecule has 1 spiro atoms. The molecule has 19 heavy (non-hydrogen) atoms. The molecule has 1 aliphatic carbocycles. The Kier molecular flexibility index (Phi) is 3.56. The minimum atomic E-state index is -0.138. The molecule has 3 fully saturated rings. The molecule has 1 saturated carbocycles. The van der Waals surface area contributed by atoms with Crippen LogP contribution in [0.2, 0.25) is 0 Å². The van der Waals surface area contributed by atoms with Crippen molar-refractivity contribution < 1.29 is 4.79 Å². The van der Waals surface area contributed by atoms with Gasteiger partial charge in [0.25, 0.3) is 0 Å². The van der Waals surface area contributed by atoms with Crippen LogP contribution in [0.4, 0.5) is 0 Å². The summed E-state index contributed by atoms with van der Waals surface area (Å²) in [5.74, 6) is 1.05. The summed E-state index contributed by atoms with van der Waals surface area (Å²) < 4.78 is 0. The van der Waals surface area contributed by atoms with Crippen molar-refractivity contribution in [2.45, 2.75) is 57.2 Å². The molecular formula is C15H27N3O. The lowest BCUT2D eigenvalue weighted by molar-refractivity contribution is -0.131. The van der Waals surface area contributed by atoms with Crippen LogP contribution in [0.5, 0.6) is 0 Å². The maximum atomic E-state index is 12.6. The molecule has 1 N–H and O–H groups in total. The van der Waals surface area contributed by atoms with Crippen LogP contribution < -0.4 is 5.32 Å². The maximum Gasteiger partial charge on any atom is 0.244 e. The Morgan fingerprint density at radius 1 is 1.42 bits per heavy atom. The average molecular weight is 265 g/mol. The lowest BCUT2D eigenvalue weighted by atomic mass is 9.97. The number of amides is 1. The number of hydrogen-bond donors (Lipinski definition) is 1. The van der Waals surface area contributed by atoms with Crippen molar-refractivity contribution in [2.75, 3.05) is 26.7 Å². The van der Waals surface area contributed by atoms with Crippen LogP contribution in [-0.4, -0.2) is 54.1 Å². The molecule has 4 nitrogen and oxygen atoms in total. The predicted octanol–water partition coefficient (Wildman–Crippen LogP) is 1.42. The van der Waals surface area contributed by atoms with Crippen LogP contribution in [0.25, 0.3) is 0 Å². The van der Waals surface area contributed by atoms with Crippen molar-refractivity contribution in [3.05, 3.63) is 0 Å². The Balaban J connectivity index is 1.65. The predicted molar refractivity (Wildman–Crippen MR) is 75.7 cm³/mol. The number of likely N-dealkylation sites (tertiary alicyclic amines) is 1. The molecule has 108 valence electrons. The van der Waals surface area contributed by atoms with Gasteiger partial charge >= 0.3 is 0 Å². The van der Waals surface area contributed by atoms with Crippen LogP contribution in [0.1, 0.15) is 45.4 Å². The summed E-state index contributed by atoms with van der Waals surface area (Å²) in [4.78, 5) is 17.2. The zero-order valence-corrected chi connectivity index (χ0v) is 12.3. The molecule has 2 saturated heterocycles. The van der Waals surface area contributed by atoms with E-state index in [-0.39, 0.29) is 5.54 Å². The molecule has 2 unspecified atom stereocenters. The third kappa shape index (κ3) is 2.52. The van der Waals surface area contributed by atoms with Gasteiger partial charge in [-0.05, 0) is 51.6 Å². The fraction of sp³-hybridized carbons (Fsp3) is 0.933. The second-order valence-electron chi connectivity index (χ2n) is 6.76. The number of carbonyl (C=O) groups is 1. The molecule has 2 aliphatic heterocycles. The van der Waals surface area contributed by atoms with E-state index in [2.05, 4.69) is 29.1 Å². The fourth-order valence-corrected chi connectivity index (χ4v) is 3.77. The summed E-state index contributed by atoms with van der Waals surface area (Å²) in [5, 5.41) is 3.61. The fourth-order valence-electron chi connectivity index (χ4n) is 3.77. The molecule has 4 heteroatoms. The van der Waals surface area contributed by atoms with Gasteiger partial charge in [-0.2, -0.15) is 0 Å². The highest BCUT2D eigenvalue weighted by atomic mass is 16.2. The minimum Gasteiger partial charge on any atom is -0.325 e. The van der Waals surface area contributed by atoms with E-state index in [4.69, 9.17) is 0 Å². The van der Waals surface area contributed by atoms with Crippen LogP contribution in [-0.2, 0) is 4.79 Å². The maximum absolute atomic E-state index is 12.6. The quantitative estimate of drug-likeness (QED) is 0.835. The second kappa shape index (κ2) is 5.06. The highest BCUT2D eigenvalue weighted by Gasteiger charge is 2.58. The summed E-state index contributed by atoms with van der Waals surface area (Å²) in [5.41, 5.74) is -0.138. The average Bonchev–Trinajstić information content (AvgIpc) is 3.11. The number of nitrogens with one attached hydrogen (secondary N) is 1. The van der Waals surface area contributed by atoms with Crippen LogP contribution in [0, 0.1) is 5.92 Å². The number of carbonyl (C=O) groups excluding carboxylic acids is 1. The van der Waals surface area contributed by atoms with Gasteiger partial charge in [0, 0.05) is 13.1 Å². The standard InChI is InChI=1S/C15H27N3O/c1-3-5-13-16-15(7-8-15)14(19)18(13)11-12-6-4-9-17(2)10-12/h12-13,16H,3-11H2,1-2H3. The monoisotopic (exact) mass is 265 g/mol. The van der Waals surface area contributed by atoms with E-state index in [1.807, 2.05) is 0 Å². The van der Waals surface area contributed by atoms with E-state index in [1.54, 1.807) is 0 Å². The van der Waals surface area contributed by atoms with Crippen molar-refractivity contribution in [3.63, 3.8) is 0 Å². The van der Waals surface area contributed by atoms with Crippen molar-refractivity contribution in [2.24, 2.45) is 5.92 Å². The summed E-state index contributed by atoms with van der Waals surface area (Å²) in [6.45, 7) is 5.53. The normalized spacial score (nSPS) is 34.2. The van der Waals surface area contributed by atoms with Crippen LogP contribution >= 0.6 is 0 Å². The van der Waals surface area contributed by atoms with Gasteiger partial charge < -0.3 is 9.80 Å². The molecule has 0 aromatic rings. The summed E-state index contributed by atoms with van der Waals surface area (Å²) in [7, 11) is 2.20. The topological polar surface area (TPSA) is 35.6 Å². The van der Waals surface area contributed by atoms with E-state index in [0.29, 0.717) is 18.0 Å². The molecule has 1 amide bonds. The van der Waals surface area contributed by atoms with Crippen molar-refractivity contribution >= 4 is 5.91 Å². The first-order valence-corrected chi connectivity index (χ1v) is 7.92. The summed E-state index contributed by atoms with van der Waals surface area (Å²) in [6, 6.07) is 0. The molecule has 0 aromatic heterocycles.